The summed E-state index contributed by atoms with van der Waals surface area (Å²) in [6.45, 7) is 3.70. The molecule has 35 heavy (non-hydrogen) atoms. The molecule has 8 heteroatoms. The number of rotatable bonds is 7. The maximum atomic E-state index is 12.5. The number of aryl methyl sites for hydroxylation is 2. The maximum absolute atomic E-state index is 12.5. The van der Waals surface area contributed by atoms with Crippen LogP contribution >= 0.6 is 15.9 Å². The summed E-state index contributed by atoms with van der Waals surface area (Å²) in [5.41, 5.74) is 3.40. The molecule has 1 heterocycles. The highest BCUT2D eigenvalue weighted by Gasteiger charge is 2.36. The number of esters is 1. The molecule has 0 saturated carbocycles. The monoisotopic (exact) mass is 536 g/mol. The van der Waals surface area contributed by atoms with E-state index in [0.717, 1.165) is 21.3 Å². The Morgan fingerprint density at radius 1 is 1.00 bits per heavy atom. The van der Waals surface area contributed by atoms with E-state index in [1.165, 1.54) is 0 Å². The van der Waals surface area contributed by atoms with Crippen molar-refractivity contribution in [2.75, 3.05) is 23.4 Å². The Morgan fingerprint density at radius 2 is 1.66 bits per heavy atom. The lowest BCUT2D eigenvalue weighted by Gasteiger charge is -2.17. The van der Waals surface area contributed by atoms with Crippen molar-refractivity contribution in [3.8, 4) is 11.5 Å². The number of nitrogens with one attached hydrogen (secondary N) is 1. The molecule has 4 rings (SSSR count). The normalized spacial score (nSPS) is 15.1. The van der Waals surface area contributed by atoms with Gasteiger partial charge in [0.25, 0.3) is 5.91 Å². The first-order valence-corrected chi connectivity index (χ1v) is 12.0. The molecule has 2 amide bonds. The predicted octanol–water partition coefficient (Wildman–Crippen LogP) is 5.39. The molecule has 1 aliphatic rings. The van der Waals surface area contributed by atoms with Gasteiger partial charge in [-0.25, -0.2) is 0 Å². The molecule has 3 aromatic carbocycles. The Kier molecular flexibility index (Phi) is 7.51. The van der Waals surface area contributed by atoms with E-state index >= 15 is 0 Å². The standard InChI is InChI=1S/C27H25BrN2O5/c1-17-3-8-22(9-4-17)35-23-10-6-21(7-11-23)30-15-19(14-26(30)32)27(33)34-16-25(31)29-20-5-12-24(28)18(2)13-20/h3-13,19H,14-16H2,1-2H3,(H,29,31)/t19-/m1/s1. The van der Waals surface area contributed by atoms with Crippen LogP contribution in [0.4, 0.5) is 11.4 Å². The number of hydrogen-bond donors (Lipinski definition) is 1. The number of hydrogen-bond acceptors (Lipinski definition) is 5. The van der Waals surface area contributed by atoms with Crippen molar-refractivity contribution in [3.63, 3.8) is 0 Å². The molecule has 0 unspecified atom stereocenters. The third kappa shape index (κ3) is 6.27. The van der Waals surface area contributed by atoms with Crippen LogP contribution in [0, 0.1) is 19.8 Å². The SMILES string of the molecule is Cc1ccc(Oc2ccc(N3C[C@H](C(=O)OCC(=O)Nc4ccc(Br)c(C)c4)CC3=O)cc2)cc1. The molecule has 1 saturated heterocycles. The molecule has 1 N–H and O–H groups in total. The summed E-state index contributed by atoms with van der Waals surface area (Å²) >= 11 is 3.41. The summed E-state index contributed by atoms with van der Waals surface area (Å²) in [5, 5.41) is 2.70. The largest absolute Gasteiger partial charge is 0.457 e. The third-order valence-corrected chi connectivity index (χ3v) is 6.54. The molecule has 0 radical (unpaired) electrons. The zero-order valence-electron chi connectivity index (χ0n) is 19.4. The molecule has 0 aliphatic carbocycles. The molecule has 0 spiro atoms. The molecular weight excluding hydrogens is 512 g/mol. The van der Waals surface area contributed by atoms with Gasteiger partial charge in [-0.3, -0.25) is 14.4 Å². The van der Waals surface area contributed by atoms with Crippen LogP contribution in [0.1, 0.15) is 17.5 Å². The summed E-state index contributed by atoms with van der Waals surface area (Å²) in [5.74, 6) is -0.440. The van der Waals surface area contributed by atoms with Gasteiger partial charge in [0.05, 0.1) is 5.92 Å². The number of ether oxygens (including phenoxy) is 2. The van der Waals surface area contributed by atoms with Crippen molar-refractivity contribution in [3.05, 3.63) is 82.3 Å². The molecular formula is C27H25BrN2O5. The Hall–Kier alpha value is -3.65. The van der Waals surface area contributed by atoms with Crippen molar-refractivity contribution >= 4 is 45.1 Å². The Labute approximate surface area is 212 Å². The van der Waals surface area contributed by atoms with Gasteiger partial charge in [-0.2, -0.15) is 0 Å². The van der Waals surface area contributed by atoms with E-state index in [9.17, 15) is 14.4 Å². The highest BCUT2D eigenvalue weighted by Crippen LogP contribution is 2.29. The number of nitrogens with zero attached hydrogens (tertiary/aromatic N) is 1. The molecule has 180 valence electrons. The Balaban J connectivity index is 1.29. The van der Waals surface area contributed by atoms with Crippen molar-refractivity contribution in [2.45, 2.75) is 20.3 Å². The average molecular weight is 537 g/mol. The summed E-state index contributed by atoms with van der Waals surface area (Å²) in [6.07, 6.45) is 0.0357. The minimum Gasteiger partial charge on any atom is -0.457 e. The smallest absolute Gasteiger partial charge is 0.311 e. The van der Waals surface area contributed by atoms with Crippen molar-refractivity contribution < 1.29 is 23.9 Å². The number of carbonyl (C=O) groups excluding carboxylic acids is 3. The molecule has 3 aromatic rings. The number of amides is 2. The quantitative estimate of drug-likeness (QED) is 0.409. The zero-order chi connectivity index (χ0) is 24.9. The van der Waals surface area contributed by atoms with Gasteiger partial charge in [0.15, 0.2) is 6.61 Å². The van der Waals surface area contributed by atoms with Crippen LogP contribution in [0.5, 0.6) is 11.5 Å². The fourth-order valence-electron chi connectivity index (χ4n) is 3.73. The summed E-state index contributed by atoms with van der Waals surface area (Å²) in [6, 6.07) is 20.2. The van der Waals surface area contributed by atoms with Crippen LogP contribution in [0.3, 0.4) is 0 Å². The van der Waals surface area contributed by atoms with Crippen molar-refractivity contribution in [2.24, 2.45) is 5.92 Å². The van der Waals surface area contributed by atoms with Gasteiger partial charge in [0.2, 0.25) is 5.91 Å². The van der Waals surface area contributed by atoms with Gasteiger partial charge in [0, 0.05) is 28.8 Å². The second-order valence-electron chi connectivity index (χ2n) is 8.43. The van der Waals surface area contributed by atoms with Gasteiger partial charge in [-0.15, -0.1) is 0 Å². The topological polar surface area (TPSA) is 84.9 Å². The van der Waals surface area contributed by atoms with Crippen LogP contribution in [-0.4, -0.2) is 30.9 Å². The zero-order valence-corrected chi connectivity index (χ0v) is 21.0. The van der Waals surface area contributed by atoms with Crippen LogP contribution in [0.15, 0.2) is 71.2 Å². The van der Waals surface area contributed by atoms with Gasteiger partial charge in [-0.05, 0) is 74.0 Å². The lowest BCUT2D eigenvalue weighted by atomic mass is 10.1. The first kappa shape index (κ1) is 24.5. The number of carbonyl (C=O) groups is 3. The lowest BCUT2D eigenvalue weighted by molar-refractivity contribution is -0.151. The third-order valence-electron chi connectivity index (χ3n) is 5.65. The maximum Gasteiger partial charge on any atom is 0.311 e. The molecule has 1 fully saturated rings. The van der Waals surface area contributed by atoms with E-state index in [1.807, 2.05) is 50.2 Å². The molecule has 7 nitrogen and oxygen atoms in total. The molecule has 1 aliphatic heterocycles. The second kappa shape index (κ2) is 10.7. The minimum atomic E-state index is -0.631. The van der Waals surface area contributed by atoms with Gasteiger partial charge in [-0.1, -0.05) is 33.6 Å². The summed E-state index contributed by atoms with van der Waals surface area (Å²) < 4.78 is 11.9. The van der Waals surface area contributed by atoms with Crippen LogP contribution in [0.25, 0.3) is 0 Å². The van der Waals surface area contributed by atoms with E-state index < -0.39 is 24.4 Å². The van der Waals surface area contributed by atoms with Gasteiger partial charge in [0.1, 0.15) is 11.5 Å². The molecule has 1 atom stereocenters. The highest BCUT2D eigenvalue weighted by atomic mass is 79.9. The number of halogens is 1. The van der Waals surface area contributed by atoms with Gasteiger partial charge >= 0.3 is 5.97 Å². The minimum absolute atomic E-state index is 0.0357. The molecule has 0 aromatic heterocycles. The first-order chi connectivity index (χ1) is 16.8. The fourth-order valence-corrected chi connectivity index (χ4v) is 3.97. The Bertz CT molecular complexity index is 1240. The van der Waals surface area contributed by atoms with Crippen LogP contribution in [-0.2, 0) is 19.1 Å². The van der Waals surface area contributed by atoms with Gasteiger partial charge < -0.3 is 19.7 Å². The first-order valence-electron chi connectivity index (χ1n) is 11.2. The Morgan fingerprint density at radius 3 is 2.31 bits per heavy atom. The van der Waals surface area contributed by atoms with E-state index in [4.69, 9.17) is 9.47 Å². The van der Waals surface area contributed by atoms with E-state index in [-0.39, 0.29) is 18.9 Å². The van der Waals surface area contributed by atoms with Crippen molar-refractivity contribution in [1.29, 1.82) is 0 Å². The predicted molar refractivity (Wildman–Crippen MR) is 137 cm³/mol. The summed E-state index contributed by atoms with van der Waals surface area (Å²) in [7, 11) is 0. The second-order valence-corrected chi connectivity index (χ2v) is 9.29. The van der Waals surface area contributed by atoms with Crippen LogP contribution < -0.4 is 15.0 Å². The van der Waals surface area contributed by atoms with E-state index in [0.29, 0.717) is 17.1 Å². The average Bonchev–Trinajstić information content (AvgIpc) is 3.23. The highest BCUT2D eigenvalue weighted by molar-refractivity contribution is 9.10. The number of anilines is 2. The number of benzene rings is 3. The molecule has 0 bridgehead atoms. The van der Waals surface area contributed by atoms with E-state index in [1.54, 1.807) is 35.2 Å². The van der Waals surface area contributed by atoms with Crippen LogP contribution in [0.2, 0.25) is 0 Å². The fraction of sp³-hybridized carbons (Fsp3) is 0.222. The van der Waals surface area contributed by atoms with E-state index in [2.05, 4.69) is 21.2 Å². The summed E-state index contributed by atoms with van der Waals surface area (Å²) in [4.78, 5) is 38.8. The lowest BCUT2D eigenvalue weighted by Crippen LogP contribution is -2.28. The van der Waals surface area contributed by atoms with Crippen molar-refractivity contribution in [1.82, 2.24) is 0 Å².